The number of anilines is 1. The molecular formula is C21H27N3O2. The second kappa shape index (κ2) is 7.08. The van der Waals surface area contributed by atoms with Crippen LogP contribution in [0, 0.1) is 0 Å². The number of fused-ring (bicyclic) bond motifs is 3. The molecule has 5 nitrogen and oxygen atoms in total. The van der Waals surface area contributed by atoms with Crippen LogP contribution in [-0.4, -0.2) is 48.4 Å². The molecule has 2 aliphatic heterocycles. The van der Waals surface area contributed by atoms with Crippen molar-refractivity contribution in [2.75, 3.05) is 25.5 Å². The van der Waals surface area contributed by atoms with Gasteiger partial charge in [-0.3, -0.25) is 9.79 Å². The van der Waals surface area contributed by atoms with Gasteiger partial charge in [0.1, 0.15) is 0 Å². The lowest BCUT2D eigenvalue weighted by Gasteiger charge is -2.22. The van der Waals surface area contributed by atoms with Gasteiger partial charge < -0.3 is 15.3 Å². The summed E-state index contributed by atoms with van der Waals surface area (Å²) in [5, 5.41) is 13.2. The Morgan fingerprint density at radius 1 is 1.31 bits per heavy atom. The Balaban J connectivity index is 0.000000613. The van der Waals surface area contributed by atoms with Crippen LogP contribution >= 0.6 is 0 Å². The number of hydrogen-bond donors (Lipinski definition) is 2. The normalized spacial score (nSPS) is 20.9. The zero-order chi connectivity index (χ0) is 18.9. The van der Waals surface area contributed by atoms with Crippen molar-refractivity contribution in [2.24, 2.45) is 4.99 Å². The Morgan fingerprint density at radius 2 is 2.04 bits per heavy atom. The van der Waals surface area contributed by atoms with E-state index in [1.54, 1.807) is 0 Å². The average molecular weight is 353 g/mol. The zero-order valence-corrected chi connectivity index (χ0v) is 15.9. The highest BCUT2D eigenvalue weighted by Gasteiger charge is 2.33. The molecule has 2 aromatic rings. The highest BCUT2D eigenvalue weighted by molar-refractivity contribution is 6.06. The molecule has 2 aromatic carbocycles. The van der Waals surface area contributed by atoms with Crippen LogP contribution in [0.2, 0.25) is 0 Å². The van der Waals surface area contributed by atoms with Gasteiger partial charge in [-0.2, -0.15) is 0 Å². The molecule has 1 atom stereocenters. The fourth-order valence-corrected chi connectivity index (χ4v) is 3.95. The SMILES string of the molecule is CC1=Nc2ccc3cc(NC4CCN(C)C4)ccc3c2C1(C)C.O=CO. The second-order valence-corrected chi connectivity index (χ2v) is 7.72. The lowest BCUT2D eigenvalue weighted by atomic mass is 9.79. The Bertz CT molecular complexity index is 858. The predicted molar refractivity (Wildman–Crippen MR) is 108 cm³/mol. The number of aliphatic imine (C=N–C) groups is 1. The maximum atomic E-state index is 8.36. The number of rotatable bonds is 2. The van der Waals surface area contributed by atoms with Crippen molar-refractivity contribution in [3.63, 3.8) is 0 Å². The first-order chi connectivity index (χ1) is 12.4. The third-order valence-corrected chi connectivity index (χ3v) is 5.58. The van der Waals surface area contributed by atoms with Gasteiger partial charge >= 0.3 is 0 Å². The molecule has 4 rings (SSSR count). The summed E-state index contributed by atoms with van der Waals surface area (Å²) < 4.78 is 0. The second-order valence-electron chi connectivity index (χ2n) is 7.72. The first-order valence-electron chi connectivity index (χ1n) is 9.02. The highest BCUT2D eigenvalue weighted by Crippen LogP contribution is 2.44. The molecule has 1 saturated heterocycles. The number of nitrogens with zero attached hydrogens (tertiary/aromatic N) is 2. The maximum Gasteiger partial charge on any atom is 0.290 e. The highest BCUT2D eigenvalue weighted by atomic mass is 16.3. The smallest absolute Gasteiger partial charge is 0.290 e. The molecule has 0 aromatic heterocycles. The van der Waals surface area contributed by atoms with Crippen LogP contribution in [0.4, 0.5) is 11.4 Å². The molecule has 0 amide bonds. The summed E-state index contributed by atoms with van der Waals surface area (Å²) in [6.07, 6.45) is 1.22. The molecule has 0 bridgehead atoms. The molecule has 0 radical (unpaired) electrons. The standard InChI is InChI=1S/C20H25N3.CH2O2/c1-13-20(2,3)19-17-7-6-15(22-16-9-10-23(4)12-16)11-14(17)5-8-18(19)21-13;2-1-3/h5-8,11,16,22H,9-10,12H2,1-4H3;1H,(H,2,3). The minimum absolute atomic E-state index is 0.0257. The lowest BCUT2D eigenvalue weighted by molar-refractivity contribution is -0.122. The van der Waals surface area contributed by atoms with E-state index in [1.807, 2.05) is 0 Å². The van der Waals surface area contributed by atoms with Gasteiger partial charge in [0.05, 0.1) is 5.69 Å². The summed E-state index contributed by atoms with van der Waals surface area (Å²) in [5.41, 5.74) is 4.97. The van der Waals surface area contributed by atoms with E-state index < -0.39 is 0 Å². The summed E-state index contributed by atoms with van der Waals surface area (Å²) in [6, 6.07) is 11.7. The number of hydrogen-bond acceptors (Lipinski definition) is 4. The van der Waals surface area contributed by atoms with Crippen LogP contribution < -0.4 is 5.32 Å². The van der Waals surface area contributed by atoms with Gasteiger partial charge in [0.25, 0.3) is 6.47 Å². The lowest BCUT2D eigenvalue weighted by Crippen LogP contribution is -2.23. The number of nitrogens with one attached hydrogen (secondary N) is 1. The fourth-order valence-electron chi connectivity index (χ4n) is 3.95. The largest absolute Gasteiger partial charge is 0.483 e. The molecule has 5 heteroatoms. The van der Waals surface area contributed by atoms with Crippen molar-refractivity contribution >= 4 is 34.3 Å². The van der Waals surface area contributed by atoms with E-state index in [1.165, 1.54) is 40.7 Å². The van der Waals surface area contributed by atoms with Crippen LogP contribution in [0.25, 0.3) is 10.8 Å². The first kappa shape index (κ1) is 18.4. The van der Waals surface area contributed by atoms with Crippen molar-refractivity contribution in [2.45, 2.75) is 38.6 Å². The van der Waals surface area contributed by atoms with Gasteiger partial charge in [0, 0.05) is 29.4 Å². The molecule has 1 fully saturated rings. The monoisotopic (exact) mass is 353 g/mol. The minimum atomic E-state index is -0.250. The predicted octanol–water partition coefficient (Wildman–Crippen LogP) is 4.04. The molecule has 2 N–H and O–H groups in total. The molecule has 0 saturated carbocycles. The van der Waals surface area contributed by atoms with E-state index in [-0.39, 0.29) is 11.9 Å². The zero-order valence-electron chi connectivity index (χ0n) is 15.9. The third-order valence-electron chi connectivity index (χ3n) is 5.58. The quantitative estimate of drug-likeness (QED) is 0.800. The van der Waals surface area contributed by atoms with Gasteiger partial charge in [-0.1, -0.05) is 26.0 Å². The van der Waals surface area contributed by atoms with E-state index >= 15 is 0 Å². The molecule has 138 valence electrons. The van der Waals surface area contributed by atoms with Crippen LogP contribution in [-0.2, 0) is 10.2 Å². The topological polar surface area (TPSA) is 64.9 Å². The Kier molecular flexibility index (Phi) is 5.01. The van der Waals surface area contributed by atoms with Gasteiger partial charge in [-0.25, -0.2) is 0 Å². The average Bonchev–Trinajstić information content (AvgIpc) is 3.09. The number of carbonyl (C=O) groups is 1. The summed E-state index contributed by atoms with van der Waals surface area (Å²) >= 11 is 0. The molecule has 0 spiro atoms. The van der Waals surface area contributed by atoms with Crippen LogP contribution in [0.5, 0.6) is 0 Å². The van der Waals surface area contributed by atoms with Crippen LogP contribution in [0.1, 0.15) is 32.8 Å². The van der Waals surface area contributed by atoms with Gasteiger partial charge in [0.15, 0.2) is 0 Å². The van der Waals surface area contributed by atoms with E-state index in [4.69, 9.17) is 14.9 Å². The third kappa shape index (κ3) is 3.31. The van der Waals surface area contributed by atoms with Crippen molar-refractivity contribution in [3.8, 4) is 0 Å². The van der Waals surface area contributed by atoms with Crippen molar-refractivity contribution in [1.82, 2.24) is 4.90 Å². The summed E-state index contributed by atoms with van der Waals surface area (Å²) in [6.45, 7) is 8.75. The molecule has 2 heterocycles. The Morgan fingerprint density at radius 3 is 2.69 bits per heavy atom. The fraction of sp³-hybridized carbons (Fsp3) is 0.429. The van der Waals surface area contributed by atoms with Crippen molar-refractivity contribution < 1.29 is 9.90 Å². The van der Waals surface area contributed by atoms with Crippen molar-refractivity contribution in [1.29, 1.82) is 0 Å². The number of likely N-dealkylation sites (tertiary alicyclic amines) is 1. The van der Waals surface area contributed by atoms with E-state index in [9.17, 15) is 0 Å². The Labute approximate surface area is 154 Å². The van der Waals surface area contributed by atoms with Gasteiger partial charge in [-0.05, 0) is 61.5 Å². The maximum absolute atomic E-state index is 8.36. The number of benzene rings is 2. The number of likely N-dealkylation sites (N-methyl/N-ethyl adjacent to an activating group) is 1. The molecule has 2 aliphatic rings. The van der Waals surface area contributed by atoms with E-state index in [0.29, 0.717) is 6.04 Å². The molecule has 1 unspecified atom stereocenters. The van der Waals surface area contributed by atoms with Gasteiger partial charge in [-0.15, -0.1) is 0 Å². The minimum Gasteiger partial charge on any atom is -0.483 e. The summed E-state index contributed by atoms with van der Waals surface area (Å²) in [7, 11) is 2.19. The van der Waals surface area contributed by atoms with Crippen LogP contribution in [0.15, 0.2) is 35.3 Å². The number of carboxylic acid groups (broad SMARTS) is 1. The van der Waals surface area contributed by atoms with Gasteiger partial charge in [0.2, 0.25) is 0 Å². The summed E-state index contributed by atoms with van der Waals surface area (Å²) in [4.78, 5) is 15.5. The van der Waals surface area contributed by atoms with Crippen LogP contribution in [0.3, 0.4) is 0 Å². The van der Waals surface area contributed by atoms with Crippen molar-refractivity contribution in [3.05, 3.63) is 35.9 Å². The molecule has 0 aliphatic carbocycles. The first-order valence-corrected chi connectivity index (χ1v) is 9.02. The molecular weight excluding hydrogens is 326 g/mol. The van der Waals surface area contributed by atoms with E-state index in [0.717, 1.165) is 12.2 Å². The molecule has 26 heavy (non-hydrogen) atoms. The summed E-state index contributed by atoms with van der Waals surface area (Å²) in [5.74, 6) is 0. The van der Waals surface area contributed by atoms with E-state index in [2.05, 4.69) is 68.4 Å². The Hall–Kier alpha value is -2.40.